The van der Waals surface area contributed by atoms with Crippen molar-refractivity contribution in [2.24, 2.45) is 0 Å². The molecule has 27 heavy (non-hydrogen) atoms. The number of halogens is 6. The van der Waals surface area contributed by atoms with Crippen LogP contribution in [-0.4, -0.2) is 31.9 Å². The molecule has 0 unspecified atom stereocenters. The van der Waals surface area contributed by atoms with Gasteiger partial charge in [-0.25, -0.2) is 14.3 Å². The number of hydrogen-bond donors (Lipinski definition) is 0. The average molecular weight is 491 g/mol. The molecule has 0 saturated heterocycles. The average Bonchev–Trinajstić information content (AvgIpc) is 3.08. The van der Waals surface area contributed by atoms with Crippen molar-refractivity contribution in [3.8, 4) is 11.3 Å². The van der Waals surface area contributed by atoms with Crippen molar-refractivity contribution in [2.45, 2.75) is 10.2 Å². The lowest BCUT2D eigenvalue weighted by Gasteiger charge is -2.12. The van der Waals surface area contributed by atoms with E-state index in [2.05, 4.69) is 4.98 Å². The number of carbonyl (C=O) groups is 1. The van der Waals surface area contributed by atoms with Crippen molar-refractivity contribution in [3.63, 3.8) is 0 Å². The van der Waals surface area contributed by atoms with E-state index in [1.807, 2.05) is 0 Å². The molecule has 0 bridgehead atoms. The Hall–Kier alpha value is -0.820. The van der Waals surface area contributed by atoms with Crippen LogP contribution in [-0.2, 0) is 11.2 Å². The predicted molar refractivity (Wildman–Crippen MR) is 109 cm³/mol. The molecule has 0 amide bonds. The van der Waals surface area contributed by atoms with Gasteiger partial charge in [-0.1, -0.05) is 76.2 Å². The van der Waals surface area contributed by atoms with E-state index in [0.717, 1.165) is 4.57 Å². The summed E-state index contributed by atoms with van der Waals surface area (Å²) in [7, 11) is 0. The monoisotopic (exact) mass is 488 g/mol. The van der Waals surface area contributed by atoms with Gasteiger partial charge >= 0.3 is 6.09 Å². The zero-order valence-corrected chi connectivity index (χ0v) is 17.9. The van der Waals surface area contributed by atoms with E-state index in [0.29, 0.717) is 34.7 Å². The van der Waals surface area contributed by atoms with Gasteiger partial charge in [0.05, 0.1) is 11.1 Å². The number of ether oxygens (including phenoxy) is 1. The molecule has 2 heterocycles. The summed E-state index contributed by atoms with van der Waals surface area (Å²) in [4.78, 5) is 16.7. The summed E-state index contributed by atoms with van der Waals surface area (Å²) < 4.78 is 10.1. The number of oxazole rings is 1. The van der Waals surface area contributed by atoms with E-state index in [-0.39, 0.29) is 16.1 Å². The second kappa shape index (κ2) is 8.27. The third kappa shape index (κ3) is 4.44. The van der Waals surface area contributed by atoms with Gasteiger partial charge in [0.15, 0.2) is 16.8 Å². The molecule has 0 radical (unpaired) electrons. The van der Waals surface area contributed by atoms with Gasteiger partial charge in [0.1, 0.15) is 11.8 Å². The minimum Gasteiger partial charge on any atom is -0.444 e. The molecule has 0 fully saturated rings. The molecule has 2 aromatic heterocycles. The summed E-state index contributed by atoms with van der Waals surface area (Å²) in [5, 5.41) is 0.749. The minimum absolute atomic E-state index is 0.0287. The minimum atomic E-state index is -1.75. The number of alkyl halides is 4. The smallest absolute Gasteiger partial charge is 0.419 e. The second-order valence-electron chi connectivity index (χ2n) is 5.35. The van der Waals surface area contributed by atoms with Crippen LogP contribution in [0, 0.1) is 0 Å². The van der Waals surface area contributed by atoms with Gasteiger partial charge in [-0.3, -0.25) is 0 Å². The molecular formula is C16H10Cl6N2O3. The summed E-state index contributed by atoms with van der Waals surface area (Å²) in [6.07, 6.45) is -0.423. The molecule has 0 aliphatic rings. The Morgan fingerprint density at radius 2 is 1.93 bits per heavy atom. The van der Waals surface area contributed by atoms with Crippen molar-refractivity contribution in [1.82, 2.24) is 9.55 Å². The fourth-order valence-corrected chi connectivity index (χ4v) is 3.40. The molecule has 0 N–H and O–H groups in total. The predicted octanol–water partition coefficient (Wildman–Crippen LogP) is 6.74. The zero-order valence-electron chi connectivity index (χ0n) is 13.3. The van der Waals surface area contributed by atoms with Crippen LogP contribution < -0.4 is 0 Å². The van der Waals surface area contributed by atoms with Crippen molar-refractivity contribution >= 4 is 86.6 Å². The number of nitrogens with zero attached hydrogens (tertiary/aromatic N) is 2. The highest BCUT2D eigenvalue weighted by Gasteiger charge is 2.28. The van der Waals surface area contributed by atoms with E-state index in [9.17, 15) is 4.79 Å². The van der Waals surface area contributed by atoms with Gasteiger partial charge < -0.3 is 9.15 Å². The maximum atomic E-state index is 12.5. The molecule has 3 aromatic rings. The highest BCUT2D eigenvalue weighted by Crippen LogP contribution is 2.41. The topological polar surface area (TPSA) is 57.3 Å². The van der Waals surface area contributed by atoms with Gasteiger partial charge in [-0.15, -0.1) is 11.6 Å². The molecule has 1 aromatic carbocycles. The molecular weight excluding hydrogens is 481 g/mol. The maximum Gasteiger partial charge on any atom is 0.419 e. The molecule has 0 atom stereocenters. The number of aromatic nitrogens is 2. The lowest BCUT2D eigenvalue weighted by molar-refractivity contribution is 0.151. The second-order valence-corrected chi connectivity index (χ2v) is 8.96. The molecule has 11 heteroatoms. The van der Waals surface area contributed by atoms with Gasteiger partial charge in [-0.2, -0.15) is 0 Å². The Balaban J connectivity index is 2.13. The Morgan fingerprint density at radius 1 is 1.22 bits per heavy atom. The van der Waals surface area contributed by atoms with Crippen LogP contribution in [0.3, 0.4) is 0 Å². The van der Waals surface area contributed by atoms with Crippen molar-refractivity contribution in [3.05, 3.63) is 40.5 Å². The Labute approximate surface area is 184 Å². The Kier molecular flexibility index (Phi) is 6.41. The number of para-hydroxylation sites is 1. The molecule has 144 valence electrons. The maximum absolute atomic E-state index is 12.5. The van der Waals surface area contributed by atoms with Crippen LogP contribution in [0.5, 0.6) is 0 Å². The SMILES string of the molecule is O=C(OCC(Cl)(Cl)Cl)n1c(Cl)c(-c2oc(CCCl)nc2Cl)c2ccccc21. The lowest BCUT2D eigenvalue weighted by atomic mass is 10.1. The van der Waals surface area contributed by atoms with E-state index in [1.54, 1.807) is 24.3 Å². The summed E-state index contributed by atoms with van der Waals surface area (Å²) >= 11 is 35.3. The van der Waals surface area contributed by atoms with Gasteiger partial charge in [0.2, 0.25) is 3.79 Å². The number of aryl methyl sites for hydroxylation is 1. The summed E-state index contributed by atoms with van der Waals surface area (Å²) in [6, 6.07) is 6.96. The van der Waals surface area contributed by atoms with Gasteiger partial charge in [0, 0.05) is 17.7 Å². The fraction of sp³-hybridized carbons (Fsp3) is 0.250. The van der Waals surface area contributed by atoms with E-state index in [1.165, 1.54) is 0 Å². The Morgan fingerprint density at radius 3 is 2.59 bits per heavy atom. The number of hydrogen-bond acceptors (Lipinski definition) is 4. The third-order valence-electron chi connectivity index (χ3n) is 3.52. The molecule has 5 nitrogen and oxygen atoms in total. The molecule has 0 aliphatic carbocycles. The van der Waals surface area contributed by atoms with Crippen LogP contribution >= 0.6 is 69.6 Å². The number of carbonyl (C=O) groups excluding carboxylic acids is 1. The number of fused-ring (bicyclic) bond motifs is 1. The van der Waals surface area contributed by atoms with Gasteiger partial charge in [0.25, 0.3) is 0 Å². The summed E-state index contributed by atoms with van der Waals surface area (Å²) in [5.41, 5.74) is 0.870. The van der Waals surface area contributed by atoms with Crippen LogP contribution in [0.2, 0.25) is 10.3 Å². The zero-order chi connectivity index (χ0) is 19.8. The third-order valence-corrected chi connectivity index (χ3v) is 4.65. The Bertz CT molecular complexity index is 992. The van der Waals surface area contributed by atoms with Crippen molar-refractivity contribution < 1.29 is 13.9 Å². The molecule has 0 saturated carbocycles. The number of rotatable bonds is 4. The van der Waals surface area contributed by atoms with Crippen molar-refractivity contribution in [2.75, 3.05) is 12.5 Å². The standard InChI is InChI=1S/C16H10Cl6N2O3/c17-6-5-10-23-13(18)12(27-10)11-8-3-1-2-4-9(8)24(14(11)19)15(25)26-7-16(20,21)22/h1-4H,5-7H2. The molecule has 3 rings (SSSR count). The first kappa shape index (κ1) is 20.9. The quantitative estimate of drug-likeness (QED) is 0.380. The fourth-order valence-electron chi connectivity index (χ4n) is 2.50. The van der Waals surface area contributed by atoms with Crippen LogP contribution in [0.4, 0.5) is 4.79 Å². The first-order valence-corrected chi connectivity index (χ1v) is 9.89. The first-order valence-electron chi connectivity index (χ1n) is 7.47. The van der Waals surface area contributed by atoms with E-state index < -0.39 is 16.5 Å². The van der Waals surface area contributed by atoms with E-state index >= 15 is 0 Å². The highest BCUT2D eigenvalue weighted by molar-refractivity contribution is 6.67. The van der Waals surface area contributed by atoms with Gasteiger partial charge in [-0.05, 0) is 6.07 Å². The van der Waals surface area contributed by atoms with Crippen LogP contribution in [0.1, 0.15) is 5.89 Å². The largest absolute Gasteiger partial charge is 0.444 e. The highest BCUT2D eigenvalue weighted by atomic mass is 35.6. The lowest BCUT2D eigenvalue weighted by Crippen LogP contribution is -2.21. The van der Waals surface area contributed by atoms with Crippen molar-refractivity contribution in [1.29, 1.82) is 0 Å². The summed E-state index contributed by atoms with van der Waals surface area (Å²) in [6.45, 7) is -0.447. The summed E-state index contributed by atoms with van der Waals surface area (Å²) in [5.74, 6) is 0.900. The van der Waals surface area contributed by atoms with Crippen LogP contribution in [0.25, 0.3) is 22.2 Å². The number of benzene rings is 1. The molecule has 0 spiro atoms. The first-order chi connectivity index (χ1) is 12.7. The molecule has 0 aliphatic heterocycles. The normalized spacial score (nSPS) is 11.9. The van der Waals surface area contributed by atoms with E-state index in [4.69, 9.17) is 78.8 Å². The van der Waals surface area contributed by atoms with Crippen LogP contribution in [0.15, 0.2) is 28.7 Å².